The molecule has 3 N–H and O–H groups in total. The van der Waals surface area contributed by atoms with Crippen molar-refractivity contribution >= 4 is 33.6 Å². The van der Waals surface area contributed by atoms with Crippen LogP contribution >= 0.6 is 0 Å². The first kappa shape index (κ1) is 18.8. The SMILES string of the molecule is CNc1ccc2ccc(OCc3cncc(-n4c(C)cc5c(N)ncnc54)c3)cc2n1. The minimum absolute atomic E-state index is 0.382. The van der Waals surface area contributed by atoms with E-state index in [1.165, 1.54) is 6.33 Å². The van der Waals surface area contributed by atoms with Crippen molar-refractivity contribution in [2.75, 3.05) is 18.1 Å². The van der Waals surface area contributed by atoms with Gasteiger partial charge in [-0.3, -0.25) is 9.55 Å². The molecule has 8 nitrogen and oxygen atoms in total. The predicted octanol–water partition coefficient (Wildman–Crippen LogP) is 3.88. The zero-order chi connectivity index (χ0) is 21.4. The molecule has 0 fully saturated rings. The van der Waals surface area contributed by atoms with Gasteiger partial charge in [-0.2, -0.15) is 0 Å². The molecule has 0 spiro atoms. The number of nitrogens with one attached hydrogen (secondary N) is 1. The molecule has 0 amide bonds. The van der Waals surface area contributed by atoms with Crippen molar-refractivity contribution in [2.24, 2.45) is 0 Å². The normalized spacial score (nSPS) is 11.2. The Morgan fingerprint density at radius 3 is 2.81 bits per heavy atom. The van der Waals surface area contributed by atoms with E-state index in [1.807, 2.05) is 61.0 Å². The smallest absolute Gasteiger partial charge is 0.150 e. The van der Waals surface area contributed by atoms with E-state index in [0.29, 0.717) is 12.4 Å². The van der Waals surface area contributed by atoms with Gasteiger partial charge in [-0.05, 0) is 43.3 Å². The van der Waals surface area contributed by atoms with Crippen molar-refractivity contribution in [3.63, 3.8) is 0 Å². The minimum atomic E-state index is 0.382. The van der Waals surface area contributed by atoms with Gasteiger partial charge >= 0.3 is 0 Å². The molecule has 0 aliphatic rings. The van der Waals surface area contributed by atoms with Crippen molar-refractivity contribution in [1.29, 1.82) is 0 Å². The summed E-state index contributed by atoms with van der Waals surface area (Å²) in [6.45, 7) is 2.39. The maximum Gasteiger partial charge on any atom is 0.150 e. The summed E-state index contributed by atoms with van der Waals surface area (Å²) in [5.41, 5.74) is 10.5. The lowest BCUT2D eigenvalue weighted by Crippen LogP contribution is -2.02. The van der Waals surface area contributed by atoms with Gasteiger partial charge in [-0.25, -0.2) is 15.0 Å². The molecule has 0 atom stereocenters. The van der Waals surface area contributed by atoms with E-state index in [-0.39, 0.29) is 0 Å². The van der Waals surface area contributed by atoms with Crippen molar-refractivity contribution in [3.05, 3.63) is 72.4 Å². The molecule has 4 aromatic heterocycles. The van der Waals surface area contributed by atoms with Crippen LogP contribution in [0.15, 0.2) is 61.2 Å². The van der Waals surface area contributed by atoms with E-state index in [4.69, 9.17) is 10.5 Å². The fourth-order valence-electron chi connectivity index (χ4n) is 3.65. The average Bonchev–Trinajstić information content (AvgIpc) is 3.14. The fraction of sp³-hybridized carbons (Fsp3) is 0.130. The van der Waals surface area contributed by atoms with Gasteiger partial charge in [0.1, 0.15) is 36.0 Å². The fourth-order valence-corrected chi connectivity index (χ4v) is 3.65. The highest BCUT2D eigenvalue weighted by molar-refractivity contribution is 5.88. The molecule has 0 saturated carbocycles. The number of aromatic nitrogens is 5. The van der Waals surface area contributed by atoms with Gasteiger partial charge in [-0.1, -0.05) is 0 Å². The van der Waals surface area contributed by atoms with Crippen LogP contribution in [0.4, 0.5) is 11.6 Å². The number of benzene rings is 1. The van der Waals surface area contributed by atoms with Crippen LogP contribution < -0.4 is 15.8 Å². The highest BCUT2D eigenvalue weighted by Gasteiger charge is 2.12. The monoisotopic (exact) mass is 411 g/mol. The molecule has 0 radical (unpaired) electrons. The van der Waals surface area contributed by atoms with Gasteiger partial charge in [0.15, 0.2) is 0 Å². The highest BCUT2D eigenvalue weighted by Crippen LogP contribution is 2.26. The Kier molecular flexibility index (Phi) is 4.59. The molecule has 0 aliphatic heterocycles. The van der Waals surface area contributed by atoms with Gasteiger partial charge in [0.05, 0.1) is 22.8 Å². The molecule has 5 rings (SSSR count). The third-order valence-electron chi connectivity index (χ3n) is 5.18. The second kappa shape index (κ2) is 7.56. The van der Waals surface area contributed by atoms with Crippen molar-refractivity contribution in [3.8, 4) is 11.4 Å². The van der Waals surface area contributed by atoms with E-state index >= 15 is 0 Å². The van der Waals surface area contributed by atoms with Gasteiger partial charge < -0.3 is 15.8 Å². The van der Waals surface area contributed by atoms with E-state index in [0.717, 1.165) is 50.4 Å². The van der Waals surface area contributed by atoms with E-state index in [9.17, 15) is 0 Å². The molecule has 4 heterocycles. The van der Waals surface area contributed by atoms with Crippen LogP contribution in [0.25, 0.3) is 27.6 Å². The molecule has 0 unspecified atom stereocenters. The van der Waals surface area contributed by atoms with Gasteiger partial charge in [0, 0.05) is 36.0 Å². The number of nitrogens with two attached hydrogens (primary N) is 1. The van der Waals surface area contributed by atoms with E-state index < -0.39 is 0 Å². The molecule has 0 saturated heterocycles. The molecule has 0 bridgehead atoms. The summed E-state index contributed by atoms with van der Waals surface area (Å²) < 4.78 is 8.04. The summed E-state index contributed by atoms with van der Waals surface area (Å²) >= 11 is 0. The van der Waals surface area contributed by atoms with Crippen molar-refractivity contribution in [1.82, 2.24) is 24.5 Å². The standard InChI is InChI=1S/C23H21N7O/c1-14-7-19-22(24)27-13-28-23(19)30(14)17-8-15(10-26-11-17)12-31-18-5-3-16-4-6-21(25-2)29-20(16)9-18/h3-11,13H,12H2,1-2H3,(H,25,29)(H2,24,27,28). The second-order valence-corrected chi connectivity index (χ2v) is 7.26. The summed E-state index contributed by atoms with van der Waals surface area (Å²) in [7, 11) is 1.85. The molecular formula is C23H21N7O. The second-order valence-electron chi connectivity index (χ2n) is 7.26. The van der Waals surface area contributed by atoms with Crippen molar-refractivity contribution in [2.45, 2.75) is 13.5 Å². The lowest BCUT2D eigenvalue weighted by atomic mass is 10.2. The van der Waals surface area contributed by atoms with Crippen LogP contribution in [0, 0.1) is 6.92 Å². The summed E-state index contributed by atoms with van der Waals surface area (Å²) in [5, 5.41) is 4.94. The number of anilines is 2. The Morgan fingerprint density at radius 1 is 1.06 bits per heavy atom. The van der Waals surface area contributed by atoms with Crippen LogP contribution in [0.1, 0.15) is 11.3 Å². The van der Waals surface area contributed by atoms with E-state index in [1.54, 1.807) is 12.4 Å². The maximum absolute atomic E-state index is 6.03. The quantitative estimate of drug-likeness (QED) is 0.452. The van der Waals surface area contributed by atoms with Gasteiger partial charge in [0.2, 0.25) is 0 Å². The third kappa shape index (κ3) is 3.48. The zero-order valence-corrected chi connectivity index (χ0v) is 17.2. The molecule has 31 heavy (non-hydrogen) atoms. The van der Waals surface area contributed by atoms with Gasteiger partial charge in [-0.15, -0.1) is 0 Å². The molecule has 8 heteroatoms. The summed E-state index contributed by atoms with van der Waals surface area (Å²) in [5.74, 6) is 2.03. The summed E-state index contributed by atoms with van der Waals surface area (Å²) in [6.07, 6.45) is 5.07. The predicted molar refractivity (Wildman–Crippen MR) is 121 cm³/mol. The number of pyridine rings is 2. The summed E-state index contributed by atoms with van der Waals surface area (Å²) in [6, 6.07) is 13.9. The Labute approximate surface area is 178 Å². The summed E-state index contributed by atoms with van der Waals surface area (Å²) in [4.78, 5) is 17.5. The van der Waals surface area contributed by atoms with Crippen LogP contribution in [-0.4, -0.2) is 31.6 Å². The number of hydrogen-bond donors (Lipinski definition) is 2. The lowest BCUT2D eigenvalue weighted by molar-refractivity contribution is 0.306. The number of fused-ring (bicyclic) bond motifs is 2. The topological polar surface area (TPSA) is 104 Å². The maximum atomic E-state index is 6.03. The zero-order valence-electron chi connectivity index (χ0n) is 17.2. The molecule has 154 valence electrons. The first-order valence-electron chi connectivity index (χ1n) is 9.86. The lowest BCUT2D eigenvalue weighted by Gasteiger charge is -2.11. The van der Waals surface area contributed by atoms with Crippen LogP contribution in [0.2, 0.25) is 0 Å². The van der Waals surface area contributed by atoms with Crippen molar-refractivity contribution < 1.29 is 4.74 Å². The minimum Gasteiger partial charge on any atom is -0.489 e. The number of ether oxygens (including phenoxy) is 1. The number of nitrogens with zero attached hydrogens (tertiary/aromatic N) is 5. The highest BCUT2D eigenvalue weighted by atomic mass is 16.5. The number of hydrogen-bond acceptors (Lipinski definition) is 7. The first-order chi connectivity index (χ1) is 15.1. The molecule has 5 aromatic rings. The average molecular weight is 411 g/mol. The van der Waals surface area contributed by atoms with Crippen LogP contribution in [-0.2, 0) is 6.61 Å². The van der Waals surface area contributed by atoms with Crippen LogP contribution in [0.3, 0.4) is 0 Å². The van der Waals surface area contributed by atoms with Gasteiger partial charge in [0.25, 0.3) is 0 Å². The Morgan fingerprint density at radius 2 is 1.94 bits per heavy atom. The number of nitrogen functional groups attached to an aromatic ring is 1. The number of rotatable bonds is 5. The van der Waals surface area contributed by atoms with Crippen LogP contribution in [0.5, 0.6) is 5.75 Å². The Hall–Kier alpha value is -4.20. The largest absolute Gasteiger partial charge is 0.489 e. The van der Waals surface area contributed by atoms with E-state index in [2.05, 4.69) is 25.3 Å². The molecule has 0 aliphatic carbocycles. The Balaban J connectivity index is 1.42. The third-order valence-corrected chi connectivity index (χ3v) is 5.18. The Bertz CT molecular complexity index is 1410. The molecule has 1 aromatic carbocycles. The molecular weight excluding hydrogens is 390 g/mol. The first-order valence-corrected chi connectivity index (χ1v) is 9.86. The number of aryl methyl sites for hydroxylation is 1.